The number of aromatic nitrogens is 2. The topological polar surface area (TPSA) is 41.1 Å². The Labute approximate surface area is 108 Å². The van der Waals surface area contributed by atoms with Gasteiger partial charge in [0.1, 0.15) is 11.6 Å². The zero-order valence-electron chi connectivity index (χ0n) is 11.0. The zero-order valence-corrected chi connectivity index (χ0v) is 11.0. The second kappa shape index (κ2) is 5.49. The minimum absolute atomic E-state index is 0.750. The fourth-order valence-electron chi connectivity index (χ4n) is 1.65. The largest absolute Gasteiger partial charge is 0.366 e. The summed E-state index contributed by atoms with van der Waals surface area (Å²) < 4.78 is 0. The molecule has 2 aromatic rings. The highest BCUT2D eigenvalue weighted by atomic mass is 15.1. The summed E-state index contributed by atoms with van der Waals surface area (Å²) >= 11 is 0. The molecule has 4 heteroatoms. The van der Waals surface area contributed by atoms with Gasteiger partial charge in [0.05, 0.1) is 0 Å². The quantitative estimate of drug-likeness (QED) is 0.894. The van der Waals surface area contributed by atoms with E-state index < -0.39 is 0 Å². The summed E-state index contributed by atoms with van der Waals surface area (Å²) in [6.07, 6.45) is 1.83. The predicted octanol–water partition coefficient (Wildman–Crippen LogP) is 2.46. The lowest BCUT2D eigenvalue weighted by molar-refractivity contribution is 1.03. The molecule has 0 spiro atoms. The Bertz CT molecular complexity index is 523. The van der Waals surface area contributed by atoms with Crippen molar-refractivity contribution in [2.45, 2.75) is 13.5 Å². The van der Waals surface area contributed by atoms with E-state index in [0.717, 1.165) is 23.9 Å². The summed E-state index contributed by atoms with van der Waals surface area (Å²) in [5.41, 5.74) is 2.21. The molecule has 0 aliphatic carbocycles. The minimum atomic E-state index is 0.750. The van der Waals surface area contributed by atoms with E-state index in [4.69, 9.17) is 0 Å². The fraction of sp³-hybridized carbons (Fsp3) is 0.286. The number of rotatable bonds is 4. The number of anilines is 2. The molecule has 1 N–H and O–H groups in total. The van der Waals surface area contributed by atoms with Crippen molar-refractivity contribution in [3.05, 3.63) is 47.8 Å². The minimum Gasteiger partial charge on any atom is -0.366 e. The molecule has 0 radical (unpaired) electrons. The maximum Gasteiger partial charge on any atom is 0.128 e. The van der Waals surface area contributed by atoms with Gasteiger partial charge < -0.3 is 10.2 Å². The van der Waals surface area contributed by atoms with Crippen LogP contribution in [0.2, 0.25) is 0 Å². The van der Waals surface area contributed by atoms with E-state index in [1.807, 2.05) is 56.4 Å². The molecule has 0 bridgehead atoms. The lowest BCUT2D eigenvalue weighted by atomic mass is 10.2. The van der Waals surface area contributed by atoms with Gasteiger partial charge >= 0.3 is 0 Å². The van der Waals surface area contributed by atoms with Crippen LogP contribution in [0.25, 0.3) is 0 Å². The van der Waals surface area contributed by atoms with Crippen LogP contribution in [-0.2, 0) is 6.54 Å². The third kappa shape index (κ3) is 3.20. The van der Waals surface area contributed by atoms with Crippen LogP contribution in [-0.4, -0.2) is 24.1 Å². The van der Waals surface area contributed by atoms with Gasteiger partial charge in [-0.3, -0.25) is 0 Å². The van der Waals surface area contributed by atoms with Gasteiger partial charge in [-0.15, -0.1) is 0 Å². The number of hydrogen-bond acceptors (Lipinski definition) is 4. The first kappa shape index (κ1) is 12.4. The molecule has 0 saturated heterocycles. The van der Waals surface area contributed by atoms with Crippen molar-refractivity contribution >= 4 is 11.6 Å². The summed E-state index contributed by atoms with van der Waals surface area (Å²) in [5.74, 6) is 1.87. The molecule has 0 fully saturated rings. The van der Waals surface area contributed by atoms with E-state index >= 15 is 0 Å². The third-order valence-corrected chi connectivity index (χ3v) is 2.63. The zero-order chi connectivity index (χ0) is 13.0. The molecule has 0 unspecified atom stereocenters. The van der Waals surface area contributed by atoms with Crippen LogP contribution in [0.3, 0.4) is 0 Å². The van der Waals surface area contributed by atoms with Crippen LogP contribution >= 0.6 is 0 Å². The molecule has 2 aromatic heterocycles. The maximum atomic E-state index is 4.41. The van der Waals surface area contributed by atoms with Crippen LogP contribution < -0.4 is 10.2 Å². The summed E-state index contributed by atoms with van der Waals surface area (Å²) in [6, 6.07) is 10.0. The third-order valence-electron chi connectivity index (χ3n) is 2.63. The van der Waals surface area contributed by atoms with Gasteiger partial charge in [0.2, 0.25) is 0 Å². The van der Waals surface area contributed by atoms with E-state index in [9.17, 15) is 0 Å². The standard InChI is InChI=1S/C14H18N4/c1-11-5-4-6-13(17-11)16-10-12-7-8-15-14(9-12)18(2)3/h4-9H,10H2,1-3H3,(H,16,17). The van der Waals surface area contributed by atoms with Gasteiger partial charge in [-0.25, -0.2) is 9.97 Å². The van der Waals surface area contributed by atoms with Crippen molar-refractivity contribution in [2.75, 3.05) is 24.3 Å². The van der Waals surface area contributed by atoms with Crippen molar-refractivity contribution < 1.29 is 0 Å². The number of nitrogens with zero attached hydrogens (tertiary/aromatic N) is 3. The Kier molecular flexibility index (Phi) is 3.77. The summed E-state index contributed by atoms with van der Waals surface area (Å²) in [7, 11) is 3.98. The van der Waals surface area contributed by atoms with Crippen molar-refractivity contribution in [3.8, 4) is 0 Å². The van der Waals surface area contributed by atoms with E-state index in [2.05, 4.69) is 21.4 Å². The second-order valence-corrected chi connectivity index (χ2v) is 4.43. The normalized spacial score (nSPS) is 10.2. The lowest BCUT2D eigenvalue weighted by Gasteiger charge is -2.12. The first-order valence-corrected chi connectivity index (χ1v) is 5.95. The average Bonchev–Trinajstić information content (AvgIpc) is 2.37. The fourth-order valence-corrected chi connectivity index (χ4v) is 1.65. The SMILES string of the molecule is Cc1cccc(NCc2ccnc(N(C)C)c2)n1. The highest BCUT2D eigenvalue weighted by Gasteiger charge is 2.00. The molecular formula is C14H18N4. The van der Waals surface area contributed by atoms with Crippen molar-refractivity contribution in [2.24, 2.45) is 0 Å². The molecule has 0 atom stereocenters. The highest BCUT2D eigenvalue weighted by molar-refractivity contribution is 5.41. The summed E-state index contributed by atoms with van der Waals surface area (Å²) in [5, 5.41) is 3.31. The molecule has 0 saturated carbocycles. The Balaban J connectivity index is 2.04. The molecule has 0 aliphatic heterocycles. The van der Waals surface area contributed by atoms with Gasteiger partial charge in [0.15, 0.2) is 0 Å². The first-order chi connectivity index (χ1) is 8.65. The smallest absolute Gasteiger partial charge is 0.128 e. The average molecular weight is 242 g/mol. The molecule has 94 valence electrons. The molecule has 18 heavy (non-hydrogen) atoms. The summed E-state index contributed by atoms with van der Waals surface area (Å²) in [4.78, 5) is 10.7. The first-order valence-electron chi connectivity index (χ1n) is 5.95. The van der Waals surface area contributed by atoms with Gasteiger partial charge in [0, 0.05) is 32.5 Å². The molecule has 0 aromatic carbocycles. The van der Waals surface area contributed by atoms with Gasteiger partial charge in [-0.1, -0.05) is 6.07 Å². The van der Waals surface area contributed by atoms with Crippen molar-refractivity contribution in [1.82, 2.24) is 9.97 Å². The van der Waals surface area contributed by atoms with Gasteiger partial charge in [-0.2, -0.15) is 0 Å². The van der Waals surface area contributed by atoms with Crippen molar-refractivity contribution in [1.29, 1.82) is 0 Å². The van der Waals surface area contributed by atoms with Crippen LogP contribution in [0.4, 0.5) is 11.6 Å². The lowest BCUT2D eigenvalue weighted by Crippen LogP contribution is -2.11. The van der Waals surface area contributed by atoms with E-state index in [-0.39, 0.29) is 0 Å². The van der Waals surface area contributed by atoms with E-state index in [0.29, 0.717) is 0 Å². The number of pyridine rings is 2. The Morgan fingerprint density at radius 2 is 2.06 bits per heavy atom. The monoisotopic (exact) mass is 242 g/mol. The Morgan fingerprint density at radius 3 is 2.78 bits per heavy atom. The van der Waals surface area contributed by atoms with Crippen LogP contribution in [0.5, 0.6) is 0 Å². The van der Waals surface area contributed by atoms with Crippen molar-refractivity contribution in [3.63, 3.8) is 0 Å². The molecule has 2 rings (SSSR count). The van der Waals surface area contributed by atoms with Crippen LogP contribution in [0.15, 0.2) is 36.5 Å². The van der Waals surface area contributed by atoms with E-state index in [1.165, 1.54) is 5.56 Å². The molecule has 0 aliphatic rings. The molecule has 0 amide bonds. The number of nitrogens with one attached hydrogen (secondary N) is 1. The van der Waals surface area contributed by atoms with Gasteiger partial charge in [-0.05, 0) is 36.8 Å². The van der Waals surface area contributed by atoms with E-state index in [1.54, 1.807) is 0 Å². The van der Waals surface area contributed by atoms with Crippen LogP contribution in [0, 0.1) is 6.92 Å². The maximum absolute atomic E-state index is 4.41. The van der Waals surface area contributed by atoms with Gasteiger partial charge in [0.25, 0.3) is 0 Å². The Morgan fingerprint density at radius 1 is 1.22 bits per heavy atom. The number of aryl methyl sites for hydroxylation is 1. The van der Waals surface area contributed by atoms with Crippen LogP contribution in [0.1, 0.15) is 11.3 Å². The Hall–Kier alpha value is -2.10. The molecule has 2 heterocycles. The molecular weight excluding hydrogens is 224 g/mol. The number of hydrogen-bond donors (Lipinski definition) is 1. The predicted molar refractivity (Wildman–Crippen MR) is 74.9 cm³/mol. The summed E-state index contributed by atoms with van der Waals surface area (Å²) in [6.45, 7) is 2.74. The second-order valence-electron chi connectivity index (χ2n) is 4.43. The highest BCUT2D eigenvalue weighted by Crippen LogP contribution is 2.11. The molecule has 4 nitrogen and oxygen atoms in total.